The lowest BCUT2D eigenvalue weighted by molar-refractivity contribution is -0.121. The Labute approximate surface area is 106 Å². The van der Waals surface area contributed by atoms with E-state index in [9.17, 15) is 4.79 Å². The number of fused-ring (bicyclic) bond motifs is 1. The van der Waals surface area contributed by atoms with Crippen LogP contribution >= 0.6 is 0 Å². The highest BCUT2D eigenvalue weighted by Gasteiger charge is 2.53. The van der Waals surface area contributed by atoms with Gasteiger partial charge < -0.3 is 9.64 Å². The number of hydrogen-bond donors (Lipinski definition) is 0. The summed E-state index contributed by atoms with van der Waals surface area (Å²) in [7, 11) is 0. The number of ether oxygens (including phenoxy) is 1. The highest BCUT2D eigenvalue weighted by Crippen LogP contribution is 2.48. The van der Waals surface area contributed by atoms with Gasteiger partial charge in [0.05, 0.1) is 18.4 Å². The summed E-state index contributed by atoms with van der Waals surface area (Å²) in [6, 6.07) is 9.70. The van der Waals surface area contributed by atoms with E-state index in [0.717, 1.165) is 17.9 Å². The lowest BCUT2D eigenvalue weighted by atomic mass is 10.1. The summed E-state index contributed by atoms with van der Waals surface area (Å²) in [5, 5.41) is 9.15. The van der Waals surface area contributed by atoms with E-state index in [-0.39, 0.29) is 5.91 Å². The van der Waals surface area contributed by atoms with Gasteiger partial charge in [-0.05, 0) is 31.4 Å². The van der Waals surface area contributed by atoms with Crippen LogP contribution in [0.15, 0.2) is 24.3 Å². The van der Waals surface area contributed by atoms with Crippen LogP contribution in [-0.2, 0) is 4.79 Å². The molecule has 2 aliphatic rings. The number of anilines is 1. The van der Waals surface area contributed by atoms with Crippen LogP contribution in [0.2, 0.25) is 0 Å². The van der Waals surface area contributed by atoms with Crippen molar-refractivity contribution in [3.05, 3.63) is 24.3 Å². The van der Waals surface area contributed by atoms with Crippen molar-refractivity contribution >= 4 is 11.6 Å². The highest BCUT2D eigenvalue weighted by atomic mass is 16.5. The van der Waals surface area contributed by atoms with E-state index >= 15 is 0 Å². The third-order valence-corrected chi connectivity index (χ3v) is 3.56. The number of carbonyl (C=O) groups excluding carboxylic acids is 1. The molecule has 4 heteroatoms. The second-order valence-electron chi connectivity index (χ2n) is 4.82. The minimum absolute atomic E-state index is 0.0667. The van der Waals surface area contributed by atoms with E-state index in [4.69, 9.17) is 10.00 Å². The zero-order valence-electron chi connectivity index (χ0n) is 10.1. The van der Waals surface area contributed by atoms with Crippen molar-refractivity contribution < 1.29 is 9.53 Å². The van der Waals surface area contributed by atoms with Gasteiger partial charge in [0.15, 0.2) is 0 Å². The molecule has 0 bridgehead atoms. The molecule has 1 aliphatic heterocycles. The molecule has 1 fully saturated rings. The number of benzene rings is 1. The summed E-state index contributed by atoms with van der Waals surface area (Å²) in [6.07, 6.45) is 2.16. The molecule has 4 nitrogen and oxygen atoms in total. The number of para-hydroxylation sites is 2. The number of carbonyl (C=O) groups is 1. The van der Waals surface area contributed by atoms with E-state index in [0.29, 0.717) is 26.0 Å². The fourth-order valence-electron chi connectivity index (χ4n) is 2.30. The molecule has 0 atom stereocenters. The predicted octanol–water partition coefficient (Wildman–Crippen LogP) is 2.11. The van der Waals surface area contributed by atoms with Gasteiger partial charge >= 0.3 is 0 Å². The monoisotopic (exact) mass is 242 g/mol. The van der Waals surface area contributed by atoms with Gasteiger partial charge in [-0.25, -0.2) is 0 Å². The zero-order chi connectivity index (χ0) is 12.6. The van der Waals surface area contributed by atoms with E-state index in [1.165, 1.54) is 0 Å². The average molecular weight is 242 g/mol. The molecule has 18 heavy (non-hydrogen) atoms. The minimum Gasteiger partial charge on any atom is -0.491 e. The lowest BCUT2D eigenvalue weighted by Gasteiger charge is -2.23. The van der Waals surface area contributed by atoms with Crippen LogP contribution in [-0.4, -0.2) is 19.1 Å². The van der Waals surface area contributed by atoms with Gasteiger partial charge in [0.2, 0.25) is 5.91 Å². The molecule has 3 rings (SSSR count). The van der Waals surface area contributed by atoms with Gasteiger partial charge in [-0.3, -0.25) is 4.79 Å². The first-order valence-electron chi connectivity index (χ1n) is 6.22. The van der Waals surface area contributed by atoms with Crippen LogP contribution in [0.25, 0.3) is 0 Å². The topological polar surface area (TPSA) is 53.3 Å². The summed E-state index contributed by atoms with van der Waals surface area (Å²) in [4.78, 5) is 14.2. The lowest BCUT2D eigenvalue weighted by Crippen LogP contribution is -2.37. The number of rotatable bonds is 1. The molecule has 0 spiro atoms. The quantitative estimate of drug-likeness (QED) is 0.757. The van der Waals surface area contributed by atoms with Gasteiger partial charge in [-0.1, -0.05) is 12.1 Å². The Morgan fingerprint density at radius 2 is 2.17 bits per heavy atom. The zero-order valence-corrected chi connectivity index (χ0v) is 10.1. The van der Waals surface area contributed by atoms with Crippen molar-refractivity contribution in [1.29, 1.82) is 5.26 Å². The van der Waals surface area contributed by atoms with Crippen LogP contribution in [0.4, 0.5) is 5.69 Å². The van der Waals surface area contributed by atoms with Crippen LogP contribution in [0.3, 0.4) is 0 Å². The normalized spacial score (nSPS) is 20.1. The summed E-state index contributed by atoms with van der Waals surface area (Å²) in [6.45, 7) is 1.24. The summed E-state index contributed by atoms with van der Waals surface area (Å²) in [5.74, 6) is 0.667. The van der Waals surface area contributed by atoms with Crippen LogP contribution in [0.5, 0.6) is 5.75 Å². The standard InChI is InChI=1S/C14H14N2O2/c15-10-14(6-7-14)13(17)16-8-3-9-18-12-5-2-1-4-11(12)16/h1-2,4-5H,3,6-9H2. The second-order valence-corrected chi connectivity index (χ2v) is 4.82. The average Bonchev–Trinajstić information content (AvgIpc) is 3.22. The van der Waals surface area contributed by atoms with E-state index in [1.807, 2.05) is 24.3 Å². The van der Waals surface area contributed by atoms with Crippen molar-refractivity contribution in [2.45, 2.75) is 19.3 Å². The first-order chi connectivity index (χ1) is 8.77. The van der Waals surface area contributed by atoms with Crippen LogP contribution in [0.1, 0.15) is 19.3 Å². The molecule has 1 aromatic carbocycles. The summed E-state index contributed by atoms with van der Waals surface area (Å²) < 4.78 is 5.62. The highest BCUT2D eigenvalue weighted by molar-refractivity contribution is 6.02. The largest absolute Gasteiger partial charge is 0.491 e. The summed E-state index contributed by atoms with van der Waals surface area (Å²) in [5.41, 5.74) is 0.0267. The van der Waals surface area contributed by atoms with Crippen molar-refractivity contribution in [3.8, 4) is 11.8 Å². The summed E-state index contributed by atoms with van der Waals surface area (Å²) >= 11 is 0. The fraction of sp³-hybridized carbons (Fsp3) is 0.429. The van der Waals surface area contributed by atoms with Gasteiger partial charge in [0.25, 0.3) is 0 Å². The molecule has 1 amide bonds. The van der Waals surface area contributed by atoms with Crippen molar-refractivity contribution in [2.75, 3.05) is 18.1 Å². The Morgan fingerprint density at radius 3 is 2.89 bits per heavy atom. The van der Waals surface area contributed by atoms with Crippen molar-refractivity contribution in [2.24, 2.45) is 5.41 Å². The molecule has 0 radical (unpaired) electrons. The molecule has 0 aromatic heterocycles. The maximum Gasteiger partial charge on any atom is 0.247 e. The Bertz CT molecular complexity index is 529. The minimum atomic E-state index is -0.766. The fourth-order valence-corrected chi connectivity index (χ4v) is 2.30. The van der Waals surface area contributed by atoms with Crippen molar-refractivity contribution in [1.82, 2.24) is 0 Å². The smallest absolute Gasteiger partial charge is 0.247 e. The van der Waals surface area contributed by atoms with Crippen LogP contribution in [0, 0.1) is 16.7 Å². The van der Waals surface area contributed by atoms with Gasteiger partial charge in [-0.15, -0.1) is 0 Å². The first-order valence-corrected chi connectivity index (χ1v) is 6.22. The SMILES string of the molecule is N#CC1(C(=O)N2CCCOc3ccccc32)CC1. The molecule has 0 N–H and O–H groups in total. The molecular weight excluding hydrogens is 228 g/mol. The van der Waals surface area contributed by atoms with Crippen molar-refractivity contribution in [3.63, 3.8) is 0 Å². The molecule has 1 heterocycles. The van der Waals surface area contributed by atoms with E-state index in [1.54, 1.807) is 4.90 Å². The molecule has 1 aromatic rings. The molecule has 0 unspecified atom stereocenters. The number of amides is 1. The van der Waals surface area contributed by atoms with E-state index < -0.39 is 5.41 Å². The molecular formula is C14H14N2O2. The maximum atomic E-state index is 12.5. The number of nitrogens with zero attached hydrogens (tertiary/aromatic N) is 2. The Balaban J connectivity index is 1.98. The predicted molar refractivity (Wildman–Crippen MR) is 66.2 cm³/mol. The van der Waals surface area contributed by atoms with Gasteiger partial charge in [0.1, 0.15) is 11.2 Å². The van der Waals surface area contributed by atoms with E-state index in [2.05, 4.69) is 6.07 Å². The van der Waals surface area contributed by atoms with Gasteiger partial charge in [-0.2, -0.15) is 5.26 Å². The molecule has 1 aliphatic carbocycles. The third-order valence-electron chi connectivity index (χ3n) is 3.56. The van der Waals surface area contributed by atoms with Gasteiger partial charge in [0, 0.05) is 6.54 Å². The molecule has 0 saturated heterocycles. The van der Waals surface area contributed by atoms with Crippen LogP contribution < -0.4 is 9.64 Å². The third kappa shape index (κ3) is 1.63. The Kier molecular flexibility index (Phi) is 2.48. The number of nitriles is 1. The Morgan fingerprint density at radius 1 is 1.39 bits per heavy atom. The second kappa shape index (κ2) is 4.02. The maximum absolute atomic E-state index is 12.5. The first kappa shape index (κ1) is 11.1. The number of hydrogen-bond acceptors (Lipinski definition) is 3. The molecule has 92 valence electrons. The Hall–Kier alpha value is -2.02. The molecule has 1 saturated carbocycles.